The monoisotopic (exact) mass is 284 g/mol. The summed E-state index contributed by atoms with van der Waals surface area (Å²) in [6, 6.07) is 7.88. The van der Waals surface area contributed by atoms with Crippen LogP contribution in [0.1, 0.15) is 11.5 Å². The molecular weight excluding hydrogens is 272 g/mol. The number of rotatable bonds is 3. The van der Waals surface area contributed by atoms with Crippen LogP contribution in [0, 0.1) is 12.3 Å². The van der Waals surface area contributed by atoms with E-state index < -0.39 is 0 Å². The maximum absolute atomic E-state index is 7.09. The molecule has 0 bridgehead atoms. The first-order valence-electron chi connectivity index (χ1n) is 5.01. The van der Waals surface area contributed by atoms with Gasteiger partial charge in [0.25, 0.3) is 0 Å². The van der Waals surface area contributed by atoms with Gasteiger partial charge in [-0.2, -0.15) is 4.98 Å². The number of nitrogens with zero attached hydrogens (tertiary/aromatic N) is 2. The Morgan fingerprint density at radius 1 is 1.50 bits per heavy atom. The van der Waals surface area contributed by atoms with E-state index in [1.807, 2.05) is 31.2 Å². The normalized spacial score (nSPS) is 9.83. The van der Waals surface area contributed by atoms with Crippen molar-refractivity contribution in [2.45, 2.75) is 12.7 Å². The van der Waals surface area contributed by atoms with E-state index in [0.29, 0.717) is 17.5 Å². The van der Waals surface area contributed by atoms with E-state index in [2.05, 4.69) is 10.1 Å². The highest BCUT2D eigenvalue weighted by atomic mass is 35.5. The van der Waals surface area contributed by atoms with Gasteiger partial charge in [0.05, 0.1) is 5.75 Å². The highest BCUT2D eigenvalue weighted by Gasteiger charge is 2.08. The third-order valence-electron chi connectivity index (χ3n) is 2.10. The number of nitrogens with two attached hydrogens (primary N) is 1. The highest BCUT2D eigenvalue weighted by Crippen LogP contribution is 2.18. The number of hydrogen-bond acceptors (Lipinski definition) is 5. The lowest BCUT2D eigenvalue weighted by atomic mass is 10.1. The van der Waals surface area contributed by atoms with Gasteiger partial charge in [0.1, 0.15) is 0 Å². The van der Waals surface area contributed by atoms with E-state index >= 15 is 0 Å². The summed E-state index contributed by atoms with van der Waals surface area (Å²) in [7, 11) is 0. The predicted molar refractivity (Wildman–Crippen MR) is 74.9 cm³/mol. The minimum absolute atomic E-state index is 0. The molecule has 0 aliphatic rings. The fraction of sp³-hybridized carbons (Fsp3) is 0.182. The van der Waals surface area contributed by atoms with Crippen LogP contribution in [0.5, 0.6) is 0 Å². The summed E-state index contributed by atoms with van der Waals surface area (Å²) in [6.07, 6.45) is 0. The summed E-state index contributed by atoms with van der Waals surface area (Å²) in [5.41, 5.74) is 7.30. The lowest BCUT2D eigenvalue weighted by Gasteiger charge is -1.95. The highest BCUT2D eigenvalue weighted by molar-refractivity contribution is 8.12. The van der Waals surface area contributed by atoms with Crippen LogP contribution in [0.3, 0.4) is 0 Å². The number of halogens is 1. The molecule has 0 atom stereocenters. The van der Waals surface area contributed by atoms with E-state index in [9.17, 15) is 0 Å². The van der Waals surface area contributed by atoms with Gasteiger partial charge in [-0.1, -0.05) is 40.7 Å². The molecule has 18 heavy (non-hydrogen) atoms. The number of thioether (sulfide) groups is 1. The Morgan fingerprint density at radius 3 is 2.94 bits per heavy atom. The molecule has 0 amide bonds. The molecule has 0 unspecified atom stereocenters. The van der Waals surface area contributed by atoms with Gasteiger partial charge in [0, 0.05) is 5.56 Å². The minimum Gasteiger partial charge on any atom is -0.379 e. The average molecular weight is 285 g/mol. The smallest absolute Gasteiger partial charge is 0.237 e. The summed E-state index contributed by atoms with van der Waals surface area (Å²) in [6.45, 7) is 2.01. The maximum Gasteiger partial charge on any atom is 0.237 e. The van der Waals surface area contributed by atoms with Gasteiger partial charge in [0.15, 0.2) is 5.17 Å². The molecule has 2 rings (SSSR count). The van der Waals surface area contributed by atoms with Crippen LogP contribution in [0.25, 0.3) is 11.4 Å². The number of benzene rings is 1. The van der Waals surface area contributed by atoms with Crippen LogP contribution in [0.2, 0.25) is 0 Å². The first-order chi connectivity index (χ1) is 8.15. The van der Waals surface area contributed by atoms with E-state index in [4.69, 9.17) is 15.7 Å². The molecule has 1 aromatic carbocycles. The molecule has 1 heterocycles. The van der Waals surface area contributed by atoms with E-state index in [-0.39, 0.29) is 17.6 Å². The number of amidine groups is 1. The summed E-state index contributed by atoms with van der Waals surface area (Å²) in [4.78, 5) is 4.24. The Kier molecular flexibility index (Phi) is 5.18. The average Bonchev–Trinajstić information content (AvgIpc) is 2.75. The van der Waals surface area contributed by atoms with Crippen LogP contribution < -0.4 is 5.73 Å². The van der Waals surface area contributed by atoms with Crippen LogP contribution >= 0.6 is 24.2 Å². The summed E-state index contributed by atoms with van der Waals surface area (Å²) >= 11 is 1.16. The van der Waals surface area contributed by atoms with Crippen molar-refractivity contribution in [2.24, 2.45) is 5.73 Å². The Labute approximate surface area is 115 Å². The molecule has 7 heteroatoms. The topological polar surface area (TPSA) is 88.8 Å². The number of hydrogen-bond donors (Lipinski definition) is 2. The zero-order chi connectivity index (χ0) is 12.3. The number of nitrogens with one attached hydrogen (secondary N) is 1. The third kappa shape index (κ3) is 3.75. The van der Waals surface area contributed by atoms with Crippen molar-refractivity contribution in [3.8, 4) is 11.4 Å². The van der Waals surface area contributed by atoms with E-state index in [1.54, 1.807) is 0 Å². The molecule has 3 N–H and O–H groups in total. The molecule has 5 nitrogen and oxygen atoms in total. The van der Waals surface area contributed by atoms with Crippen LogP contribution in [-0.2, 0) is 5.75 Å². The third-order valence-corrected chi connectivity index (χ3v) is 2.80. The number of aromatic nitrogens is 2. The summed E-state index contributed by atoms with van der Waals surface area (Å²) < 4.78 is 5.08. The van der Waals surface area contributed by atoms with Gasteiger partial charge in [0.2, 0.25) is 11.7 Å². The molecule has 0 aliphatic heterocycles. The first-order valence-corrected chi connectivity index (χ1v) is 6.00. The van der Waals surface area contributed by atoms with Crippen molar-refractivity contribution in [1.82, 2.24) is 10.1 Å². The molecule has 0 saturated heterocycles. The van der Waals surface area contributed by atoms with E-state index in [0.717, 1.165) is 22.9 Å². The van der Waals surface area contributed by atoms with Crippen LogP contribution in [-0.4, -0.2) is 15.3 Å². The largest absolute Gasteiger partial charge is 0.379 e. The Bertz CT molecular complexity index is 543. The standard InChI is InChI=1S/C11H12N4OS.ClH/c1-7-3-2-4-8(5-7)10-14-9(16-15-10)6-17-11(12)13;/h2-5H,6H2,1H3,(H3,12,13);1H. The van der Waals surface area contributed by atoms with Gasteiger partial charge in [-0.05, 0) is 13.0 Å². The van der Waals surface area contributed by atoms with Crippen molar-refractivity contribution in [1.29, 1.82) is 5.41 Å². The SMILES string of the molecule is Cc1cccc(-c2noc(CSC(=N)N)n2)c1.Cl. The molecule has 2 aromatic rings. The van der Waals surface area contributed by atoms with Gasteiger partial charge in [-0.3, -0.25) is 5.41 Å². The fourth-order valence-electron chi connectivity index (χ4n) is 1.35. The van der Waals surface area contributed by atoms with Crippen molar-refractivity contribution >= 4 is 29.3 Å². The molecule has 0 radical (unpaired) electrons. The second-order valence-electron chi connectivity index (χ2n) is 3.53. The van der Waals surface area contributed by atoms with Crippen molar-refractivity contribution in [2.75, 3.05) is 0 Å². The minimum atomic E-state index is 0. The summed E-state index contributed by atoms with van der Waals surface area (Å²) in [5.74, 6) is 1.46. The quantitative estimate of drug-likeness (QED) is 0.668. The Balaban J connectivity index is 0.00000162. The first kappa shape index (κ1) is 14.5. The van der Waals surface area contributed by atoms with Crippen molar-refractivity contribution in [3.05, 3.63) is 35.7 Å². The molecule has 0 fully saturated rings. The second-order valence-corrected chi connectivity index (χ2v) is 4.55. The number of aryl methyl sites for hydroxylation is 1. The van der Waals surface area contributed by atoms with Gasteiger partial charge < -0.3 is 10.3 Å². The zero-order valence-electron chi connectivity index (χ0n) is 9.71. The molecular formula is C11H13ClN4OS. The molecule has 0 spiro atoms. The maximum atomic E-state index is 7.09. The van der Waals surface area contributed by atoms with Gasteiger partial charge >= 0.3 is 0 Å². The van der Waals surface area contributed by atoms with Crippen LogP contribution in [0.15, 0.2) is 28.8 Å². The van der Waals surface area contributed by atoms with Gasteiger partial charge in [-0.15, -0.1) is 12.4 Å². The van der Waals surface area contributed by atoms with Crippen molar-refractivity contribution < 1.29 is 4.52 Å². The molecule has 1 aromatic heterocycles. The van der Waals surface area contributed by atoms with Crippen molar-refractivity contribution in [3.63, 3.8) is 0 Å². The molecule has 0 saturated carbocycles. The van der Waals surface area contributed by atoms with Crippen LogP contribution in [0.4, 0.5) is 0 Å². The van der Waals surface area contributed by atoms with E-state index in [1.165, 1.54) is 0 Å². The second kappa shape index (κ2) is 6.42. The lowest BCUT2D eigenvalue weighted by Crippen LogP contribution is -2.03. The summed E-state index contributed by atoms with van der Waals surface area (Å²) in [5, 5.41) is 11.0. The Hall–Kier alpha value is -1.53. The Morgan fingerprint density at radius 2 is 2.28 bits per heavy atom. The lowest BCUT2D eigenvalue weighted by molar-refractivity contribution is 0.392. The molecule has 0 aliphatic carbocycles. The van der Waals surface area contributed by atoms with Gasteiger partial charge in [-0.25, -0.2) is 0 Å². The fourth-order valence-corrected chi connectivity index (χ4v) is 1.75. The predicted octanol–water partition coefficient (Wildman–Crippen LogP) is 2.59. The molecule has 96 valence electrons. The zero-order valence-corrected chi connectivity index (χ0v) is 11.3.